The summed E-state index contributed by atoms with van der Waals surface area (Å²) in [6.45, 7) is 2.16. The van der Waals surface area contributed by atoms with E-state index in [0.29, 0.717) is 6.42 Å². The molecule has 0 spiro atoms. The Balaban J connectivity index is 3.63. The van der Waals surface area contributed by atoms with Crippen molar-refractivity contribution in [2.24, 2.45) is 0 Å². The fourth-order valence-corrected chi connectivity index (χ4v) is 2.71. The van der Waals surface area contributed by atoms with Crippen molar-refractivity contribution < 1.29 is 24.3 Å². The Hall–Kier alpha value is -0.380. The summed E-state index contributed by atoms with van der Waals surface area (Å²) < 4.78 is 10.9. The summed E-state index contributed by atoms with van der Waals surface area (Å²) in [5.74, 6) is -1.40. The van der Waals surface area contributed by atoms with E-state index in [4.69, 9.17) is 14.9 Å². The molecule has 0 saturated carbocycles. The molecule has 0 radical (unpaired) electrons. The third kappa shape index (κ3) is 8.67. The first kappa shape index (κ1) is 17.6. The SMILES string of the molecule is CCCCCCCCCC[C@H](C(=O)O)P(=O)(O)O. The number of carboxylic acids is 1. The van der Waals surface area contributed by atoms with Gasteiger partial charge in [-0.3, -0.25) is 9.36 Å². The number of hydrogen-bond acceptors (Lipinski definition) is 2. The van der Waals surface area contributed by atoms with Crippen LogP contribution in [0.2, 0.25) is 0 Å². The molecule has 3 N–H and O–H groups in total. The normalized spacial score (nSPS) is 13.5. The van der Waals surface area contributed by atoms with E-state index in [1.807, 2.05) is 0 Å². The molecule has 18 heavy (non-hydrogen) atoms. The van der Waals surface area contributed by atoms with Crippen molar-refractivity contribution in [3.05, 3.63) is 0 Å². The lowest BCUT2D eigenvalue weighted by Gasteiger charge is -2.13. The highest BCUT2D eigenvalue weighted by Gasteiger charge is 2.34. The lowest BCUT2D eigenvalue weighted by atomic mass is 10.1. The number of rotatable bonds is 11. The maximum Gasteiger partial charge on any atom is 0.339 e. The molecule has 0 aromatic rings. The molecular formula is C12H25O5P. The van der Waals surface area contributed by atoms with E-state index in [-0.39, 0.29) is 6.42 Å². The Morgan fingerprint density at radius 1 is 1.00 bits per heavy atom. The van der Waals surface area contributed by atoms with Crippen molar-refractivity contribution >= 4 is 13.6 Å². The molecule has 0 fully saturated rings. The highest BCUT2D eigenvalue weighted by molar-refractivity contribution is 7.53. The topological polar surface area (TPSA) is 94.8 Å². The standard InChI is InChI=1S/C12H25O5P/c1-2-3-4-5-6-7-8-9-10-11(12(13)14)18(15,16)17/h11H,2-10H2,1H3,(H,13,14)(H2,15,16,17)/t11-/m1/s1. The van der Waals surface area contributed by atoms with E-state index in [2.05, 4.69) is 6.92 Å². The largest absolute Gasteiger partial charge is 0.481 e. The maximum absolute atomic E-state index is 10.9. The van der Waals surface area contributed by atoms with Crippen LogP contribution in [0.1, 0.15) is 64.7 Å². The third-order valence-electron chi connectivity index (χ3n) is 3.02. The Labute approximate surface area is 109 Å². The van der Waals surface area contributed by atoms with E-state index in [1.54, 1.807) is 0 Å². The van der Waals surface area contributed by atoms with Gasteiger partial charge in [-0.05, 0) is 6.42 Å². The second kappa shape index (κ2) is 9.54. The van der Waals surface area contributed by atoms with Crippen LogP contribution >= 0.6 is 7.60 Å². The van der Waals surface area contributed by atoms with Crippen LogP contribution in [-0.2, 0) is 9.36 Å². The van der Waals surface area contributed by atoms with Crippen molar-refractivity contribution in [3.63, 3.8) is 0 Å². The molecule has 0 amide bonds. The van der Waals surface area contributed by atoms with Crippen LogP contribution < -0.4 is 0 Å². The summed E-state index contributed by atoms with van der Waals surface area (Å²) in [5, 5.41) is 8.72. The highest BCUT2D eigenvalue weighted by atomic mass is 31.2. The molecule has 0 saturated heterocycles. The quantitative estimate of drug-likeness (QED) is 0.399. The molecule has 0 aliphatic carbocycles. The molecule has 0 aliphatic heterocycles. The van der Waals surface area contributed by atoms with Crippen LogP contribution in [-0.4, -0.2) is 26.5 Å². The first-order valence-corrected chi connectivity index (χ1v) is 8.35. The van der Waals surface area contributed by atoms with Gasteiger partial charge in [0.05, 0.1) is 0 Å². The molecule has 1 atom stereocenters. The Morgan fingerprint density at radius 3 is 1.83 bits per heavy atom. The van der Waals surface area contributed by atoms with Gasteiger partial charge in [0.25, 0.3) is 0 Å². The van der Waals surface area contributed by atoms with Gasteiger partial charge < -0.3 is 14.9 Å². The monoisotopic (exact) mass is 280 g/mol. The van der Waals surface area contributed by atoms with Gasteiger partial charge in [-0.1, -0.05) is 58.3 Å². The molecule has 5 nitrogen and oxygen atoms in total. The first-order valence-electron chi connectivity index (χ1n) is 6.67. The van der Waals surface area contributed by atoms with E-state index >= 15 is 0 Å². The van der Waals surface area contributed by atoms with Gasteiger partial charge in [0.1, 0.15) is 0 Å². The van der Waals surface area contributed by atoms with Crippen LogP contribution in [0.25, 0.3) is 0 Å². The Bertz CT molecular complexity index is 274. The van der Waals surface area contributed by atoms with Gasteiger partial charge in [-0.2, -0.15) is 0 Å². The van der Waals surface area contributed by atoms with Gasteiger partial charge in [0.15, 0.2) is 5.66 Å². The van der Waals surface area contributed by atoms with Gasteiger partial charge >= 0.3 is 13.6 Å². The van der Waals surface area contributed by atoms with Crippen LogP contribution in [0.15, 0.2) is 0 Å². The molecule has 108 valence electrons. The molecule has 0 unspecified atom stereocenters. The first-order chi connectivity index (χ1) is 8.39. The van der Waals surface area contributed by atoms with Gasteiger partial charge in [-0.15, -0.1) is 0 Å². The molecule has 0 bridgehead atoms. The maximum atomic E-state index is 10.9. The number of unbranched alkanes of at least 4 members (excludes halogenated alkanes) is 7. The average molecular weight is 280 g/mol. The van der Waals surface area contributed by atoms with Crippen molar-refractivity contribution in [2.45, 2.75) is 70.4 Å². The number of aliphatic carboxylic acids is 1. The van der Waals surface area contributed by atoms with Gasteiger partial charge in [0, 0.05) is 0 Å². The average Bonchev–Trinajstić information content (AvgIpc) is 2.24. The van der Waals surface area contributed by atoms with Crippen LogP contribution in [0.3, 0.4) is 0 Å². The van der Waals surface area contributed by atoms with Crippen molar-refractivity contribution in [1.29, 1.82) is 0 Å². The lowest BCUT2D eigenvalue weighted by molar-refractivity contribution is -0.137. The zero-order valence-corrected chi connectivity index (χ0v) is 11.9. The number of carbonyl (C=O) groups is 1. The number of hydrogen-bond donors (Lipinski definition) is 3. The highest BCUT2D eigenvalue weighted by Crippen LogP contribution is 2.43. The van der Waals surface area contributed by atoms with E-state index in [1.165, 1.54) is 25.7 Å². The molecular weight excluding hydrogens is 255 g/mol. The number of carboxylic acid groups (broad SMARTS) is 1. The third-order valence-corrected chi connectivity index (χ3v) is 4.31. The molecule has 0 rings (SSSR count). The van der Waals surface area contributed by atoms with Gasteiger partial charge in [-0.25, -0.2) is 0 Å². The summed E-state index contributed by atoms with van der Waals surface area (Å²) in [6.07, 6.45) is 8.48. The second-order valence-corrected chi connectivity index (χ2v) is 6.51. The minimum absolute atomic E-state index is 0.0641. The molecule has 6 heteroatoms. The minimum Gasteiger partial charge on any atom is -0.481 e. The molecule has 0 aromatic heterocycles. The Kier molecular flexibility index (Phi) is 9.34. The summed E-state index contributed by atoms with van der Waals surface area (Å²) >= 11 is 0. The zero-order valence-electron chi connectivity index (χ0n) is 11.0. The molecule has 0 aliphatic rings. The van der Waals surface area contributed by atoms with Crippen molar-refractivity contribution in [1.82, 2.24) is 0 Å². The molecule has 0 heterocycles. The van der Waals surface area contributed by atoms with Crippen LogP contribution in [0, 0.1) is 0 Å². The Morgan fingerprint density at radius 2 is 1.44 bits per heavy atom. The second-order valence-electron chi connectivity index (χ2n) is 4.71. The summed E-state index contributed by atoms with van der Waals surface area (Å²) in [7, 11) is -4.50. The van der Waals surface area contributed by atoms with Gasteiger partial charge in [0.2, 0.25) is 0 Å². The van der Waals surface area contributed by atoms with Crippen LogP contribution in [0.4, 0.5) is 0 Å². The predicted molar refractivity (Wildman–Crippen MR) is 70.7 cm³/mol. The lowest BCUT2D eigenvalue weighted by Crippen LogP contribution is -2.20. The summed E-state index contributed by atoms with van der Waals surface area (Å²) in [5.41, 5.74) is -1.53. The van der Waals surface area contributed by atoms with Crippen molar-refractivity contribution in [3.8, 4) is 0 Å². The van der Waals surface area contributed by atoms with Crippen molar-refractivity contribution in [2.75, 3.05) is 0 Å². The van der Waals surface area contributed by atoms with Crippen LogP contribution in [0.5, 0.6) is 0 Å². The smallest absolute Gasteiger partial charge is 0.339 e. The fraction of sp³-hybridized carbons (Fsp3) is 0.917. The summed E-state index contributed by atoms with van der Waals surface area (Å²) in [4.78, 5) is 28.4. The fourth-order valence-electron chi connectivity index (χ4n) is 1.91. The minimum atomic E-state index is -4.50. The predicted octanol–water partition coefficient (Wildman–Crippen LogP) is 3.15. The molecule has 0 aromatic carbocycles. The van der Waals surface area contributed by atoms with E-state index in [0.717, 1.165) is 19.3 Å². The zero-order chi connectivity index (χ0) is 14.0. The van der Waals surface area contributed by atoms with E-state index in [9.17, 15) is 9.36 Å². The summed E-state index contributed by atoms with van der Waals surface area (Å²) in [6, 6.07) is 0. The van der Waals surface area contributed by atoms with E-state index < -0.39 is 19.2 Å².